The fraction of sp³-hybridized carbons (Fsp3) is 0.346. The van der Waals surface area contributed by atoms with Gasteiger partial charge in [-0.1, -0.05) is 36.4 Å². The minimum absolute atomic E-state index is 0.101. The van der Waals surface area contributed by atoms with E-state index in [1.807, 2.05) is 30.3 Å². The third kappa shape index (κ3) is 4.36. The first-order chi connectivity index (χ1) is 16.3. The molecule has 1 saturated carbocycles. The predicted octanol–water partition coefficient (Wildman–Crippen LogP) is 5.50. The number of Topliss-reactive ketones (excluding diaryl/α,β-unsaturated/α-hetero) is 1. The van der Waals surface area contributed by atoms with Crippen LogP contribution in [0.2, 0.25) is 0 Å². The van der Waals surface area contributed by atoms with Crippen molar-refractivity contribution in [2.45, 2.75) is 37.8 Å². The highest BCUT2D eigenvalue weighted by Gasteiger charge is 2.36. The van der Waals surface area contributed by atoms with Gasteiger partial charge >= 0.3 is 6.18 Å². The third-order valence-corrected chi connectivity index (χ3v) is 6.63. The normalized spacial score (nSPS) is 17.1. The van der Waals surface area contributed by atoms with E-state index in [2.05, 4.69) is 5.10 Å². The molecule has 1 aromatic heterocycles. The number of amides is 1. The average molecular weight is 467 g/mol. The van der Waals surface area contributed by atoms with E-state index < -0.39 is 11.7 Å². The minimum atomic E-state index is -4.46. The summed E-state index contributed by atoms with van der Waals surface area (Å²) in [7, 11) is 0. The quantitative estimate of drug-likeness (QED) is 0.466. The van der Waals surface area contributed by atoms with Crippen molar-refractivity contribution in [3.8, 4) is 5.69 Å². The Hall–Kier alpha value is -3.42. The minimum Gasteiger partial charge on any atom is -0.338 e. The molecule has 2 aliphatic rings. The van der Waals surface area contributed by atoms with Gasteiger partial charge in [0, 0.05) is 30.5 Å². The van der Waals surface area contributed by atoms with Gasteiger partial charge in [-0.05, 0) is 43.9 Å². The van der Waals surface area contributed by atoms with Crippen LogP contribution < -0.4 is 0 Å². The number of benzene rings is 2. The molecule has 2 aromatic carbocycles. The zero-order valence-electron chi connectivity index (χ0n) is 18.5. The zero-order chi connectivity index (χ0) is 23.9. The molecule has 0 bridgehead atoms. The molecule has 34 heavy (non-hydrogen) atoms. The molecule has 0 unspecified atom stereocenters. The van der Waals surface area contributed by atoms with E-state index in [0.717, 1.165) is 25.0 Å². The first-order valence-electron chi connectivity index (χ1n) is 11.5. The smallest absolute Gasteiger partial charge is 0.338 e. The lowest BCUT2D eigenvalue weighted by Gasteiger charge is -2.31. The van der Waals surface area contributed by atoms with Gasteiger partial charge in [0.15, 0.2) is 5.78 Å². The Balaban J connectivity index is 1.35. The maximum absolute atomic E-state index is 13.4. The van der Waals surface area contributed by atoms with Crippen LogP contribution in [0, 0.1) is 5.92 Å². The Bertz CT molecular complexity index is 1210. The molecular weight excluding hydrogens is 443 g/mol. The van der Waals surface area contributed by atoms with Crippen LogP contribution >= 0.6 is 0 Å². The maximum Gasteiger partial charge on any atom is 0.416 e. The van der Waals surface area contributed by atoms with Crippen molar-refractivity contribution in [3.05, 3.63) is 83.2 Å². The van der Waals surface area contributed by atoms with Crippen LogP contribution in [0.4, 0.5) is 13.2 Å². The number of hydrogen-bond donors (Lipinski definition) is 0. The van der Waals surface area contributed by atoms with Crippen LogP contribution in [0.5, 0.6) is 0 Å². The van der Waals surface area contributed by atoms with Gasteiger partial charge in [0.1, 0.15) is 0 Å². The van der Waals surface area contributed by atoms with Gasteiger partial charge in [-0.25, -0.2) is 4.68 Å². The molecular formula is C26H24F3N3O2. The number of rotatable bonds is 5. The number of ketones is 1. The van der Waals surface area contributed by atoms with Crippen LogP contribution in [0.3, 0.4) is 0 Å². The molecule has 5 nitrogen and oxygen atoms in total. The molecule has 1 aliphatic carbocycles. The number of carbonyl (C=O) groups is 2. The molecule has 1 aliphatic heterocycles. The number of carbonyl (C=O) groups excluding carboxylic acids is 2. The summed E-state index contributed by atoms with van der Waals surface area (Å²) in [5, 5.41) is 4.32. The van der Waals surface area contributed by atoms with E-state index in [-0.39, 0.29) is 23.5 Å². The fourth-order valence-electron chi connectivity index (χ4n) is 4.65. The Morgan fingerprint density at radius 1 is 0.912 bits per heavy atom. The molecule has 1 amide bonds. The summed E-state index contributed by atoms with van der Waals surface area (Å²) in [6, 6.07) is 14.2. The van der Waals surface area contributed by atoms with E-state index in [0.29, 0.717) is 48.4 Å². The summed E-state index contributed by atoms with van der Waals surface area (Å²) in [4.78, 5) is 27.9. The number of likely N-dealkylation sites (tertiary alicyclic amines) is 1. The van der Waals surface area contributed by atoms with E-state index in [9.17, 15) is 22.8 Å². The highest BCUT2D eigenvalue weighted by atomic mass is 19.4. The number of halogens is 3. The van der Waals surface area contributed by atoms with E-state index in [1.54, 1.807) is 11.0 Å². The summed E-state index contributed by atoms with van der Waals surface area (Å²) in [5.74, 6) is -0.0927. The molecule has 8 heteroatoms. The van der Waals surface area contributed by atoms with Gasteiger partial charge in [0.25, 0.3) is 5.91 Å². The summed E-state index contributed by atoms with van der Waals surface area (Å²) in [5.41, 5.74) is 1.34. The molecule has 2 fully saturated rings. The van der Waals surface area contributed by atoms with Gasteiger partial charge in [0.2, 0.25) is 0 Å². The third-order valence-electron chi connectivity index (χ3n) is 6.63. The van der Waals surface area contributed by atoms with E-state index in [4.69, 9.17) is 0 Å². The lowest BCUT2D eigenvalue weighted by atomic mass is 9.88. The van der Waals surface area contributed by atoms with Crippen LogP contribution in [-0.4, -0.2) is 39.5 Å². The maximum atomic E-state index is 13.4. The van der Waals surface area contributed by atoms with Crippen LogP contribution in [0.1, 0.15) is 63.6 Å². The summed E-state index contributed by atoms with van der Waals surface area (Å²) in [6.07, 6.45) is -0.0717. The highest BCUT2D eigenvalue weighted by Crippen LogP contribution is 2.43. The first-order valence-corrected chi connectivity index (χ1v) is 11.5. The van der Waals surface area contributed by atoms with Crippen LogP contribution in [0.25, 0.3) is 5.69 Å². The average Bonchev–Trinajstić information content (AvgIpc) is 3.61. The summed E-state index contributed by atoms with van der Waals surface area (Å²) >= 11 is 0. The van der Waals surface area contributed by atoms with Gasteiger partial charge in [-0.3, -0.25) is 9.59 Å². The summed E-state index contributed by atoms with van der Waals surface area (Å²) in [6.45, 7) is 0.918. The molecule has 5 rings (SSSR count). The van der Waals surface area contributed by atoms with Crippen molar-refractivity contribution in [3.63, 3.8) is 0 Å². The van der Waals surface area contributed by atoms with Crippen LogP contribution in [0.15, 0.2) is 60.8 Å². The molecule has 0 atom stereocenters. The lowest BCUT2D eigenvalue weighted by Crippen LogP contribution is -2.40. The van der Waals surface area contributed by atoms with Crippen molar-refractivity contribution >= 4 is 11.7 Å². The predicted molar refractivity (Wildman–Crippen MR) is 120 cm³/mol. The van der Waals surface area contributed by atoms with Crippen molar-refractivity contribution in [2.75, 3.05) is 13.1 Å². The second-order valence-corrected chi connectivity index (χ2v) is 8.97. The Kier molecular flexibility index (Phi) is 5.75. The van der Waals surface area contributed by atoms with Crippen molar-refractivity contribution in [2.24, 2.45) is 5.92 Å². The molecule has 2 heterocycles. The fourth-order valence-corrected chi connectivity index (χ4v) is 4.65. The second kappa shape index (κ2) is 8.74. The molecule has 0 N–H and O–H groups in total. The monoisotopic (exact) mass is 467 g/mol. The molecule has 176 valence electrons. The van der Waals surface area contributed by atoms with E-state index >= 15 is 0 Å². The number of hydrogen-bond acceptors (Lipinski definition) is 3. The second-order valence-electron chi connectivity index (χ2n) is 8.97. The standard InChI is InChI=1S/C26H24F3N3O2/c27-26(28,29)20-7-4-8-21(15-20)32-23(17-9-10-17)22(16-30-32)25(34)31-13-11-19(12-14-31)24(33)18-5-2-1-3-6-18/h1-8,15-17,19H,9-14H2. The van der Waals surface area contributed by atoms with Crippen molar-refractivity contribution in [1.82, 2.24) is 14.7 Å². The number of piperidine rings is 1. The van der Waals surface area contributed by atoms with Gasteiger partial charge in [-0.15, -0.1) is 0 Å². The Morgan fingerprint density at radius 3 is 2.26 bits per heavy atom. The van der Waals surface area contributed by atoms with Gasteiger partial charge in [-0.2, -0.15) is 18.3 Å². The topological polar surface area (TPSA) is 55.2 Å². The first kappa shape index (κ1) is 22.4. The largest absolute Gasteiger partial charge is 0.416 e. The number of nitrogens with zero attached hydrogens (tertiary/aromatic N) is 3. The van der Waals surface area contributed by atoms with E-state index in [1.165, 1.54) is 16.9 Å². The Morgan fingerprint density at radius 2 is 1.62 bits per heavy atom. The molecule has 1 saturated heterocycles. The molecule has 3 aromatic rings. The Labute approximate surface area is 195 Å². The van der Waals surface area contributed by atoms with Crippen LogP contribution in [-0.2, 0) is 6.18 Å². The number of alkyl halides is 3. The SMILES string of the molecule is O=C(c1ccccc1)C1CCN(C(=O)c2cnn(-c3cccc(C(F)(F)F)c3)c2C2CC2)CC1. The van der Waals surface area contributed by atoms with Crippen molar-refractivity contribution in [1.29, 1.82) is 0 Å². The molecule has 0 radical (unpaired) electrons. The summed E-state index contributed by atoms with van der Waals surface area (Å²) < 4.78 is 41.1. The highest BCUT2D eigenvalue weighted by molar-refractivity contribution is 5.98. The number of aromatic nitrogens is 2. The zero-order valence-corrected chi connectivity index (χ0v) is 18.5. The van der Waals surface area contributed by atoms with Gasteiger partial charge < -0.3 is 4.90 Å². The van der Waals surface area contributed by atoms with Gasteiger partial charge in [0.05, 0.1) is 28.7 Å². The molecule has 0 spiro atoms. The van der Waals surface area contributed by atoms with Crippen molar-refractivity contribution < 1.29 is 22.8 Å². The lowest BCUT2D eigenvalue weighted by molar-refractivity contribution is -0.137.